The van der Waals surface area contributed by atoms with E-state index in [1.54, 1.807) is 7.11 Å². The molecule has 1 saturated carbocycles. The molecule has 2 N–H and O–H groups in total. The van der Waals surface area contributed by atoms with Gasteiger partial charge in [-0.15, -0.1) is 0 Å². The van der Waals surface area contributed by atoms with Gasteiger partial charge >= 0.3 is 5.97 Å². The van der Waals surface area contributed by atoms with Gasteiger partial charge in [0.1, 0.15) is 0 Å². The summed E-state index contributed by atoms with van der Waals surface area (Å²) in [6.45, 7) is 0. The van der Waals surface area contributed by atoms with Gasteiger partial charge in [-0.25, -0.2) is 4.79 Å². The molecule has 1 fully saturated rings. The Kier molecular flexibility index (Phi) is 3.28. The standard InChI is InChI=1S/C10H14N2O5/c1-16-6-2-5(3-6)11-9(13)8-4-7(10(14)15)12-17-8/h5-6,8H,2-4H2,1H3,(H,11,13)(H,14,15). The molecule has 1 heterocycles. The van der Waals surface area contributed by atoms with Crippen molar-refractivity contribution in [2.75, 3.05) is 7.11 Å². The molecule has 0 aromatic rings. The Bertz CT molecular complexity index is 362. The van der Waals surface area contributed by atoms with E-state index in [4.69, 9.17) is 14.7 Å². The first-order valence-electron chi connectivity index (χ1n) is 5.39. The van der Waals surface area contributed by atoms with Gasteiger partial charge in [0.25, 0.3) is 5.91 Å². The molecule has 7 nitrogen and oxygen atoms in total. The van der Waals surface area contributed by atoms with Crippen molar-refractivity contribution in [2.45, 2.75) is 37.5 Å². The number of carbonyl (C=O) groups is 2. The number of nitrogens with zero attached hydrogens (tertiary/aromatic N) is 1. The maximum atomic E-state index is 11.7. The predicted molar refractivity (Wildman–Crippen MR) is 56.5 cm³/mol. The van der Waals surface area contributed by atoms with Crippen LogP contribution >= 0.6 is 0 Å². The van der Waals surface area contributed by atoms with Crippen molar-refractivity contribution in [1.82, 2.24) is 5.32 Å². The zero-order chi connectivity index (χ0) is 12.4. The summed E-state index contributed by atoms with van der Waals surface area (Å²) in [5, 5.41) is 14.8. The van der Waals surface area contributed by atoms with Crippen LogP contribution in [0.2, 0.25) is 0 Å². The third-order valence-corrected chi connectivity index (χ3v) is 2.98. The van der Waals surface area contributed by atoms with E-state index in [0.29, 0.717) is 0 Å². The topological polar surface area (TPSA) is 97.2 Å². The molecule has 7 heteroatoms. The number of amides is 1. The number of rotatable bonds is 4. The lowest BCUT2D eigenvalue weighted by Gasteiger charge is -2.34. The molecule has 1 aliphatic carbocycles. The lowest BCUT2D eigenvalue weighted by molar-refractivity contribution is -0.133. The Hall–Kier alpha value is -1.63. The Morgan fingerprint density at radius 3 is 2.76 bits per heavy atom. The van der Waals surface area contributed by atoms with Crippen LogP contribution in [0, 0.1) is 0 Å². The van der Waals surface area contributed by atoms with E-state index in [2.05, 4.69) is 10.5 Å². The summed E-state index contributed by atoms with van der Waals surface area (Å²) in [5.74, 6) is -1.46. The number of oxime groups is 1. The normalized spacial score (nSPS) is 31.1. The van der Waals surface area contributed by atoms with Crippen molar-refractivity contribution in [1.29, 1.82) is 0 Å². The van der Waals surface area contributed by atoms with Crippen LogP contribution in [-0.2, 0) is 19.2 Å². The molecular weight excluding hydrogens is 228 g/mol. The Morgan fingerprint density at radius 2 is 2.24 bits per heavy atom. The number of carboxylic acid groups (broad SMARTS) is 1. The molecule has 0 aromatic carbocycles. The van der Waals surface area contributed by atoms with Crippen LogP contribution in [0.25, 0.3) is 0 Å². The first-order valence-corrected chi connectivity index (χ1v) is 5.39. The highest BCUT2D eigenvalue weighted by Crippen LogP contribution is 2.23. The fraction of sp³-hybridized carbons (Fsp3) is 0.700. The minimum absolute atomic E-state index is 0.0155. The number of aliphatic carboxylic acids is 1. The second-order valence-corrected chi connectivity index (χ2v) is 4.18. The van der Waals surface area contributed by atoms with E-state index in [0.717, 1.165) is 12.8 Å². The zero-order valence-electron chi connectivity index (χ0n) is 9.38. The van der Waals surface area contributed by atoms with Crippen molar-refractivity contribution in [2.24, 2.45) is 5.16 Å². The van der Waals surface area contributed by atoms with E-state index < -0.39 is 12.1 Å². The zero-order valence-corrected chi connectivity index (χ0v) is 9.38. The Morgan fingerprint density at radius 1 is 1.53 bits per heavy atom. The van der Waals surface area contributed by atoms with Crippen LogP contribution in [0.1, 0.15) is 19.3 Å². The highest BCUT2D eigenvalue weighted by atomic mass is 16.6. The average molecular weight is 242 g/mol. The van der Waals surface area contributed by atoms with Crippen LogP contribution < -0.4 is 5.32 Å². The summed E-state index contributed by atoms with van der Waals surface area (Å²) in [6, 6.07) is 0.0879. The van der Waals surface area contributed by atoms with E-state index in [9.17, 15) is 9.59 Å². The molecule has 1 amide bonds. The van der Waals surface area contributed by atoms with Gasteiger partial charge in [0.2, 0.25) is 6.10 Å². The largest absolute Gasteiger partial charge is 0.477 e. The van der Waals surface area contributed by atoms with Crippen LogP contribution in [0.3, 0.4) is 0 Å². The van der Waals surface area contributed by atoms with Crippen molar-refractivity contribution in [3.8, 4) is 0 Å². The molecule has 0 bridgehead atoms. The number of hydrogen-bond donors (Lipinski definition) is 2. The maximum absolute atomic E-state index is 11.7. The molecular formula is C10H14N2O5. The number of ether oxygens (including phenoxy) is 1. The summed E-state index contributed by atoms with van der Waals surface area (Å²) >= 11 is 0. The van der Waals surface area contributed by atoms with Crippen molar-refractivity contribution >= 4 is 17.6 Å². The molecule has 17 heavy (non-hydrogen) atoms. The van der Waals surface area contributed by atoms with Gasteiger partial charge in [-0.05, 0) is 12.8 Å². The molecule has 1 aliphatic heterocycles. The summed E-state index contributed by atoms with van der Waals surface area (Å²) in [4.78, 5) is 27.0. The van der Waals surface area contributed by atoms with E-state index in [1.807, 2.05) is 0 Å². The predicted octanol–water partition coefficient (Wildman–Crippen LogP) is -0.490. The van der Waals surface area contributed by atoms with Crippen LogP contribution in [0.5, 0.6) is 0 Å². The molecule has 94 valence electrons. The lowest BCUT2D eigenvalue weighted by Crippen LogP contribution is -2.50. The van der Waals surface area contributed by atoms with Crippen LogP contribution in [0.15, 0.2) is 5.16 Å². The molecule has 0 saturated heterocycles. The summed E-state index contributed by atoms with van der Waals surface area (Å²) in [5.41, 5.74) is -0.117. The van der Waals surface area contributed by atoms with Crippen LogP contribution in [-0.4, -0.2) is 48.1 Å². The fourth-order valence-corrected chi connectivity index (χ4v) is 1.81. The van der Waals surface area contributed by atoms with Crippen molar-refractivity contribution < 1.29 is 24.3 Å². The number of methoxy groups -OCH3 is 1. The highest BCUT2D eigenvalue weighted by Gasteiger charge is 2.36. The van der Waals surface area contributed by atoms with Crippen molar-refractivity contribution in [3.05, 3.63) is 0 Å². The van der Waals surface area contributed by atoms with Gasteiger partial charge in [0.05, 0.1) is 6.10 Å². The third-order valence-electron chi connectivity index (χ3n) is 2.98. The van der Waals surface area contributed by atoms with Crippen molar-refractivity contribution in [3.63, 3.8) is 0 Å². The monoisotopic (exact) mass is 242 g/mol. The van der Waals surface area contributed by atoms with E-state index >= 15 is 0 Å². The molecule has 0 radical (unpaired) electrons. The number of hydrogen-bond acceptors (Lipinski definition) is 5. The number of carbonyl (C=O) groups excluding carboxylic acids is 1. The molecule has 2 rings (SSSR count). The van der Waals surface area contributed by atoms with Gasteiger partial charge in [0.15, 0.2) is 5.71 Å². The summed E-state index contributed by atoms with van der Waals surface area (Å²) in [6.07, 6.45) is 0.962. The molecule has 1 atom stereocenters. The quantitative estimate of drug-likeness (QED) is 0.693. The van der Waals surface area contributed by atoms with Gasteiger partial charge in [-0.3, -0.25) is 4.79 Å². The lowest BCUT2D eigenvalue weighted by atomic mass is 9.89. The first kappa shape index (κ1) is 11.8. The Labute approximate surface area is 97.8 Å². The van der Waals surface area contributed by atoms with E-state index in [-0.39, 0.29) is 30.2 Å². The van der Waals surface area contributed by atoms with Gasteiger partial charge < -0.3 is 20.0 Å². The smallest absolute Gasteiger partial charge is 0.353 e. The molecule has 1 unspecified atom stereocenters. The second kappa shape index (κ2) is 4.70. The molecule has 0 spiro atoms. The fourth-order valence-electron chi connectivity index (χ4n) is 1.81. The third kappa shape index (κ3) is 2.55. The average Bonchev–Trinajstić information content (AvgIpc) is 2.71. The minimum atomic E-state index is -1.15. The minimum Gasteiger partial charge on any atom is -0.477 e. The first-order chi connectivity index (χ1) is 8.10. The molecule has 2 aliphatic rings. The molecule has 0 aromatic heterocycles. The van der Waals surface area contributed by atoms with Crippen LogP contribution in [0.4, 0.5) is 0 Å². The Balaban J connectivity index is 1.74. The van der Waals surface area contributed by atoms with E-state index in [1.165, 1.54) is 0 Å². The summed E-state index contributed by atoms with van der Waals surface area (Å²) in [7, 11) is 1.63. The number of carboxylic acids is 1. The highest BCUT2D eigenvalue weighted by molar-refractivity contribution is 6.36. The van der Waals surface area contributed by atoms with Gasteiger partial charge in [0, 0.05) is 19.6 Å². The second-order valence-electron chi connectivity index (χ2n) is 4.18. The summed E-state index contributed by atoms with van der Waals surface area (Å²) < 4.78 is 5.09. The van der Waals surface area contributed by atoms with Gasteiger partial charge in [-0.2, -0.15) is 0 Å². The van der Waals surface area contributed by atoms with Gasteiger partial charge in [-0.1, -0.05) is 5.16 Å². The maximum Gasteiger partial charge on any atom is 0.353 e. The SMILES string of the molecule is COC1CC(NC(=O)C2CC(C(=O)O)=NO2)C1. The number of nitrogens with one attached hydrogen (secondary N) is 1.